The summed E-state index contributed by atoms with van der Waals surface area (Å²) < 4.78 is 0. The molecule has 0 aliphatic heterocycles. The third kappa shape index (κ3) is 4.15. The second-order valence-corrected chi connectivity index (χ2v) is 3.78. The average molecular weight is 218 g/mol. The Morgan fingerprint density at radius 2 is 2.38 bits per heavy atom. The van der Waals surface area contributed by atoms with Crippen LogP contribution in [0.5, 0.6) is 0 Å². The zero-order chi connectivity index (χ0) is 9.68. The van der Waals surface area contributed by atoms with Crippen LogP contribution in [-0.2, 0) is 10.5 Å². The van der Waals surface area contributed by atoms with E-state index >= 15 is 0 Å². The summed E-state index contributed by atoms with van der Waals surface area (Å²) in [7, 11) is 0. The standard InChI is InChI=1S/C8H8ClNO2S/c9-6-1-2-7(10-3-6)4-13-5-8(11)12/h1-3H,4-5H2,(H,11,12). The van der Waals surface area contributed by atoms with Crippen LogP contribution in [0.1, 0.15) is 5.69 Å². The normalized spacial score (nSPS) is 9.92. The topological polar surface area (TPSA) is 50.2 Å². The third-order valence-electron chi connectivity index (χ3n) is 1.26. The van der Waals surface area contributed by atoms with Gasteiger partial charge in [-0.2, -0.15) is 0 Å². The molecule has 5 heteroatoms. The first-order valence-corrected chi connectivity index (χ1v) is 5.11. The molecule has 70 valence electrons. The molecule has 0 atom stereocenters. The van der Waals surface area contributed by atoms with E-state index in [9.17, 15) is 4.79 Å². The van der Waals surface area contributed by atoms with Crippen LogP contribution in [0, 0.1) is 0 Å². The number of halogens is 1. The van der Waals surface area contributed by atoms with Crippen LogP contribution in [0.25, 0.3) is 0 Å². The first-order valence-electron chi connectivity index (χ1n) is 3.58. The molecule has 0 bridgehead atoms. The second-order valence-electron chi connectivity index (χ2n) is 2.35. The monoisotopic (exact) mass is 217 g/mol. The molecule has 1 heterocycles. The molecule has 0 aliphatic carbocycles. The Kier molecular flexibility index (Phi) is 4.05. The van der Waals surface area contributed by atoms with Gasteiger partial charge in [-0.3, -0.25) is 9.78 Å². The average Bonchev–Trinajstić information content (AvgIpc) is 2.08. The van der Waals surface area contributed by atoms with Crippen molar-refractivity contribution in [1.82, 2.24) is 4.98 Å². The van der Waals surface area contributed by atoms with Gasteiger partial charge in [0.1, 0.15) is 0 Å². The van der Waals surface area contributed by atoms with E-state index in [0.29, 0.717) is 10.8 Å². The Morgan fingerprint density at radius 1 is 1.62 bits per heavy atom. The van der Waals surface area contributed by atoms with E-state index in [-0.39, 0.29) is 5.75 Å². The van der Waals surface area contributed by atoms with Gasteiger partial charge in [0.05, 0.1) is 16.5 Å². The SMILES string of the molecule is O=C(O)CSCc1ccc(Cl)cn1. The van der Waals surface area contributed by atoms with E-state index in [4.69, 9.17) is 16.7 Å². The quantitative estimate of drug-likeness (QED) is 0.839. The van der Waals surface area contributed by atoms with Crippen LogP contribution in [-0.4, -0.2) is 21.8 Å². The molecule has 0 radical (unpaired) electrons. The van der Waals surface area contributed by atoms with Gasteiger partial charge < -0.3 is 5.11 Å². The largest absolute Gasteiger partial charge is 0.481 e. The first kappa shape index (κ1) is 10.3. The molecule has 0 fully saturated rings. The summed E-state index contributed by atoms with van der Waals surface area (Å²) in [5.74, 6) is -0.104. The number of aromatic nitrogens is 1. The molecule has 0 spiro atoms. The zero-order valence-electron chi connectivity index (χ0n) is 6.74. The van der Waals surface area contributed by atoms with Crippen molar-refractivity contribution in [2.45, 2.75) is 5.75 Å². The fourth-order valence-electron chi connectivity index (χ4n) is 0.735. The molecule has 1 aromatic rings. The fraction of sp³-hybridized carbons (Fsp3) is 0.250. The maximum absolute atomic E-state index is 10.2. The van der Waals surface area contributed by atoms with Gasteiger partial charge in [0.25, 0.3) is 0 Å². The van der Waals surface area contributed by atoms with Crippen molar-refractivity contribution in [3.05, 3.63) is 29.0 Å². The van der Waals surface area contributed by atoms with E-state index in [1.54, 1.807) is 18.3 Å². The summed E-state index contributed by atoms with van der Waals surface area (Å²) in [5.41, 5.74) is 0.843. The predicted molar refractivity (Wildman–Crippen MR) is 53.0 cm³/mol. The molecule has 0 unspecified atom stereocenters. The Bertz CT molecular complexity index is 289. The molecule has 0 saturated heterocycles. The molecule has 0 aromatic carbocycles. The summed E-state index contributed by atoms with van der Waals surface area (Å²) in [6.45, 7) is 0. The lowest BCUT2D eigenvalue weighted by Crippen LogP contribution is -1.98. The van der Waals surface area contributed by atoms with Gasteiger partial charge in [0.2, 0.25) is 0 Å². The number of rotatable bonds is 4. The van der Waals surface area contributed by atoms with Gasteiger partial charge in [-0.25, -0.2) is 0 Å². The highest BCUT2D eigenvalue weighted by molar-refractivity contribution is 7.99. The van der Waals surface area contributed by atoms with Crippen molar-refractivity contribution in [2.75, 3.05) is 5.75 Å². The van der Waals surface area contributed by atoms with Crippen LogP contribution >= 0.6 is 23.4 Å². The van der Waals surface area contributed by atoms with Crippen LogP contribution in [0.2, 0.25) is 5.02 Å². The highest BCUT2D eigenvalue weighted by Gasteiger charge is 1.99. The highest BCUT2D eigenvalue weighted by atomic mass is 35.5. The van der Waals surface area contributed by atoms with Crippen LogP contribution in [0.15, 0.2) is 18.3 Å². The van der Waals surface area contributed by atoms with Crippen LogP contribution < -0.4 is 0 Å². The summed E-state index contributed by atoms with van der Waals surface area (Å²) in [4.78, 5) is 14.2. The Hall–Kier alpha value is -0.740. The summed E-state index contributed by atoms with van der Waals surface area (Å²) in [6.07, 6.45) is 1.55. The summed E-state index contributed by atoms with van der Waals surface area (Å²) >= 11 is 6.95. The molecule has 1 N–H and O–H groups in total. The van der Waals surface area contributed by atoms with E-state index in [0.717, 1.165) is 5.69 Å². The predicted octanol–water partition coefficient (Wildman–Crippen LogP) is 2.05. The van der Waals surface area contributed by atoms with Crippen LogP contribution in [0.4, 0.5) is 0 Å². The smallest absolute Gasteiger partial charge is 0.313 e. The number of carboxylic acid groups (broad SMARTS) is 1. The van der Waals surface area contributed by atoms with E-state index in [2.05, 4.69) is 4.98 Å². The molecule has 1 aromatic heterocycles. The molecule has 0 aliphatic rings. The number of nitrogens with zero attached hydrogens (tertiary/aromatic N) is 1. The third-order valence-corrected chi connectivity index (χ3v) is 2.44. The van der Waals surface area contributed by atoms with E-state index < -0.39 is 5.97 Å². The minimum atomic E-state index is -0.807. The van der Waals surface area contributed by atoms with Gasteiger partial charge in [0.15, 0.2) is 0 Å². The molecular weight excluding hydrogens is 210 g/mol. The molecule has 3 nitrogen and oxygen atoms in total. The van der Waals surface area contributed by atoms with E-state index in [1.807, 2.05) is 0 Å². The molecule has 0 saturated carbocycles. The van der Waals surface area contributed by atoms with Crippen molar-refractivity contribution in [2.24, 2.45) is 0 Å². The van der Waals surface area contributed by atoms with Gasteiger partial charge in [-0.15, -0.1) is 11.8 Å². The van der Waals surface area contributed by atoms with Gasteiger partial charge in [-0.1, -0.05) is 11.6 Å². The Labute approximate surface area is 85.1 Å². The Balaban J connectivity index is 2.37. The molecule has 1 rings (SSSR count). The fourth-order valence-corrected chi connectivity index (χ4v) is 1.50. The second kappa shape index (κ2) is 5.09. The minimum absolute atomic E-state index is 0.101. The van der Waals surface area contributed by atoms with Gasteiger partial charge in [-0.05, 0) is 12.1 Å². The molecular formula is C8H8ClNO2S. The number of aliphatic carboxylic acids is 1. The number of pyridine rings is 1. The van der Waals surface area contributed by atoms with Crippen LogP contribution in [0.3, 0.4) is 0 Å². The maximum atomic E-state index is 10.2. The number of thioether (sulfide) groups is 1. The highest BCUT2D eigenvalue weighted by Crippen LogP contribution is 2.12. The number of hydrogen-bond donors (Lipinski definition) is 1. The number of carboxylic acids is 1. The lowest BCUT2D eigenvalue weighted by molar-refractivity contribution is -0.133. The summed E-state index contributed by atoms with van der Waals surface area (Å²) in [5, 5.41) is 8.96. The van der Waals surface area contributed by atoms with Crippen molar-refractivity contribution in [3.8, 4) is 0 Å². The first-order chi connectivity index (χ1) is 6.18. The van der Waals surface area contributed by atoms with E-state index in [1.165, 1.54) is 11.8 Å². The number of hydrogen-bond acceptors (Lipinski definition) is 3. The lowest BCUT2D eigenvalue weighted by Gasteiger charge is -1.97. The van der Waals surface area contributed by atoms with Crippen molar-refractivity contribution >= 4 is 29.3 Å². The Morgan fingerprint density at radius 3 is 2.92 bits per heavy atom. The summed E-state index contributed by atoms with van der Waals surface area (Å²) in [6, 6.07) is 3.53. The number of carbonyl (C=O) groups is 1. The zero-order valence-corrected chi connectivity index (χ0v) is 8.31. The van der Waals surface area contributed by atoms with Gasteiger partial charge >= 0.3 is 5.97 Å². The van der Waals surface area contributed by atoms with Crippen molar-refractivity contribution < 1.29 is 9.90 Å². The molecule has 0 amide bonds. The molecule has 13 heavy (non-hydrogen) atoms. The van der Waals surface area contributed by atoms with Crippen molar-refractivity contribution in [1.29, 1.82) is 0 Å². The lowest BCUT2D eigenvalue weighted by atomic mass is 10.4. The minimum Gasteiger partial charge on any atom is -0.481 e. The van der Waals surface area contributed by atoms with Crippen molar-refractivity contribution in [3.63, 3.8) is 0 Å². The van der Waals surface area contributed by atoms with Gasteiger partial charge in [0, 0.05) is 11.9 Å². The maximum Gasteiger partial charge on any atom is 0.313 e.